The van der Waals surface area contributed by atoms with Gasteiger partial charge in [0.1, 0.15) is 0 Å². The Labute approximate surface area is 125 Å². The minimum atomic E-state index is -0.0456. The van der Waals surface area contributed by atoms with Gasteiger partial charge >= 0.3 is 0 Å². The van der Waals surface area contributed by atoms with E-state index in [4.69, 9.17) is 0 Å². The fraction of sp³-hybridized carbons (Fsp3) is 0.316. The van der Waals surface area contributed by atoms with Crippen molar-refractivity contribution >= 4 is 11.5 Å². The molecule has 0 radical (unpaired) electrons. The van der Waals surface area contributed by atoms with E-state index in [2.05, 4.69) is 23.5 Å². The lowest BCUT2D eigenvalue weighted by atomic mass is 9.79. The number of hydrogen-bond acceptors (Lipinski definition) is 2. The van der Waals surface area contributed by atoms with Crippen molar-refractivity contribution in [3.05, 3.63) is 65.2 Å². The molecule has 1 fully saturated rings. The SMILES string of the molecule is O=C(c1ccc(C2CCC2)cc1)C1CNc2ccccc21. The summed E-state index contributed by atoms with van der Waals surface area (Å²) in [6.07, 6.45) is 3.94. The summed E-state index contributed by atoms with van der Waals surface area (Å²) >= 11 is 0. The Morgan fingerprint density at radius 3 is 2.48 bits per heavy atom. The van der Waals surface area contributed by atoms with Crippen molar-refractivity contribution in [2.45, 2.75) is 31.1 Å². The normalized spacial score (nSPS) is 20.5. The molecule has 4 rings (SSSR count). The maximum absolute atomic E-state index is 12.7. The van der Waals surface area contributed by atoms with Crippen LogP contribution >= 0.6 is 0 Å². The van der Waals surface area contributed by atoms with Gasteiger partial charge in [0.25, 0.3) is 0 Å². The van der Waals surface area contributed by atoms with E-state index in [9.17, 15) is 4.79 Å². The highest BCUT2D eigenvalue weighted by Crippen LogP contribution is 2.37. The molecule has 1 aliphatic carbocycles. The molecule has 1 saturated carbocycles. The Balaban J connectivity index is 1.58. The van der Waals surface area contributed by atoms with E-state index in [0.717, 1.165) is 22.7 Å². The molecule has 0 spiro atoms. The molecule has 0 saturated heterocycles. The largest absolute Gasteiger partial charge is 0.384 e. The maximum atomic E-state index is 12.7. The number of fused-ring (bicyclic) bond motifs is 1. The average Bonchev–Trinajstić information content (AvgIpc) is 2.89. The molecule has 2 nitrogen and oxygen atoms in total. The van der Waals surface area contributed by atoms with Gasteiger partial charge in [0.2, 0.25) is 0 Å². The van der Waals surface area contributed by atoms with Crippen molar-refractivity contribution in [1.82, 2.24) is 0 Å². The minimum Gasteiger partial charge on any atom is -0.384 e. The number of ketones is 1. The smallest absolute Gasteiger partial charge is 0.172 e. The number of carbonyl (C=O) groups is 1. The highest BCUT2D eigenvalue weighted by Gasteiger charge is 2.29. The summed E-state index contributed by atoms with van der Waals surface area (Å²) < 4.78 is 0. The van der Waals surface area contributed by atoms with E-state index < -0.39 is 0 Å². The predicted octanol–water partition coefficient (Wildman–Crippen LogP) is 4.35. The van der Waals surface area contributed by atoms with Gasteiger partial charge in [-0.05, 0) is 36.0 Å². The van der Waals surface area contributed by atoms with Gasteiger partial charge in [-0.25, -0.2) is 0 Å². The zero-order valence-corrected chi connectivity index (χ0v) is 12.0. The van der Waals surface area contributed by atoms with Crippen LogP contribution in [0.5, 0.6) is 0 Å². The van der Waals surface area contributed by atoms with Crippen LogP contribution in [0.25, 0.3) is 0 Å². The van der Waals surface area contributed by atoms with Gasteiger partial charge in [-0.15, -0.1) is 0 Å². The lowest BCUT2D eigenvalue weighted by Crippen LogP contribution is -2.15. The minimum absolute atomic E-state index is 0.0456. The number of anilines is 1. The maximum Gasteiger partial charge on any atom is 0.172 e. The summed E-state index contributed by atoms with van der Waals surface area (Å²) in [4.78, 5) is 12.7. The molecule has 0 aromatic heterocycles. The average molecular weight is 277 g/mol. The summed E-state index contributed by atoms with van der Waals surface area (Å²) in [5.41, 5.74) is 4.46. The van der Waals surface area contributed by atoms with Crippen LogP contribution in [0.3, 0.4) is 0 Å². The number of carbonyl (C=O) groups excluding carboxylic acids is 1. The second kappa shape index (κ2) is 5.03. The monoisotopic (exact) mass is 277 g/mol. The highest BCUT2D eigenvalue weighted by molar-refractivity contribution is 6.03. The molecule has 21 heavy (non-hydrogen) atoms. The first-order chi connectivity index (χ1) is 10.3. The summed E-state index contributed by atoms with van der Waals surface area (Å²) in [6.45, 7) is 0.711. The molecule has 2 aromatic carbocycles. The van der Waals surface area contributed by atoms with E-state index in [0.29, 0.717) is 6.54 Å². The zero-order chi connectivity index (χ0) is 14.2. The van der Waals surface area contributed by atoms with Crippen molar-refractivity contribution in [1.29, 1.82) is 0 Å². The molecule has 2 aromatic rings. The Bertz CT molecular complexity index is 670. The first-order valence-electron chi connectivity index (χ1n) is 7.80. The van der Waals surface area contributed by atoms with Gasteiger partial charge in [0, 0.05) is 17.8 Å². The number of benzene rings is 2. The van der Waals surface area contributed by atoms with Crippen LogP contribution in [0.2, 0.25) is 0 Å². The van der Waals surface area contributed by atoms with E-state index in [1.807, 2.05) is 30.3 Å². The van der Waals surface area contributed by atoms with Gasteiger partial charge in [0.05, 0.1) is 5.92 Å². The molecule has 2 aliphatic rings. The molecular weight excluding hydrogens is 258 g/mol. The third-order valence-electron chi connectivity index (χ3n) is 4.92. The van der Waals surface area contributed by atoms with Crippen LogP contribution in [0.15, 0.2) is 48.5 Å². The Morgan fingerprint density at radius 2 is 1.76 bits per heavy atom. The van der Waals surface area contributed by atoms with Crippen molar-refractivity contribution in [2.75, 3.05) is 11.9 Å². The number of para-hydroxylation sites is 1. The van der Waals surface area contributed by atoms with Crippen molar-refractivity contribution < 1.29 is 4.79 Å². The first-order valence-corrected chi connectivity index (χ1v) is 7.80. The summed E-state index contributed by atoms with van der Waals surface area (Å²) in [7, 11) is 0. The summed E-state index contributed by atoms with van der Waals surface area (Å²) in [5, 5.41) is 3.33. The molecule has 106 valence electrons. The van der Waals surface area contributed by atoms with Crippen molar-refractivity contribution in [3.63, 3.8) is 0 Å². The van der Waals surface area contributed by atoms with Gasteiger partial charge in [-0.1, -0.05) is 48.9 Å². The third kappa shape index (κ3) is 2.15. The number of rotatable bonds is 3. The second-order valence-corrected chi connectivity index (χ2v) is 6.13. The molecule has 2 heteroatoms. The topological polar surface area (TPSA) is 29.1 Å². The fourth-order valence-electron chi connectivity index (χ4n) is 3.38. The lowest BCUT2D eigenvalue weighted by Gasteiger charge is -2.25. The molecule has 1 aliphatic heterocycles. The molecule has 1 unspecified atom stereocenters. The molecular formula is C19H19NO. The Hall–Kier alpha value is -2.09. The van der Waals surface area contributed by atoms with E-state index in [-0.39, 0.29) is 11.7 Å². The molecule has 0 bridgehead atoms. The quantitative estimate of drug-likeness (QED) is 0.845. The number of hydrogen-bond donors (Lipinski definition) is 1. The molecule has 1 N–H and O–H groups in total. The number of Topliss-reactive ketones (excluding diaryl/α,β-unsaturated/α-hetero) is 1. The van der Waals surface area contributed by atoms with Crippen LogP contribution in [-0.2, 0) is 0 Å². The standard InChI is InChI=1S/C19H19NO/c21-19(17-12-20-18-7-2-1-6-16(17)18)15-10-8-14(9-11-15)13-4-3-5-13/h1-2,6-11,13,17,20H,3-5,12H2. The predicted molar refractivity (Wildman–Crippen MR) is 85.0 cm³/mol. The van der Waals surface area contributed by atoms with E-state index in [1.54, 1.807) is 0 Å². The summed E-state index contributed by atoms with van der Waals surface area (Å²) in [6, 6.07) is 16.4. The Kier molecular flexibility index (Phi) is 3.03. The lowest BCUT2D eigenvalue weighted by molar-refractivity contribution is 0.0966. The van der Waals surface area contributed by atoms with Gasteiger partial charge in [-0.2, -0.15) is 0 Å². The Morgan fingerprint density at radius 1 is 1.00 bits per heavy atom. The third-order valence-corrected chi connectivity index (χ3v) is 4.92. The molecule has 1 heterocycles. The molecule has 1 atom stereocenters. The summed E-state index contributed by atoms with van der Waals surface area (Å²) in [5.74, 6) is 0.909. The van der Waals surface area contributed by atoms with Crippen molar-refractivity contribution in [2.24, 2.45) is 0 Å². The van der Waals surface area contributed by atoms with E-state index >= 15 is 0 Å². The van der Waals surface area contributed by atoms with E-state index in [1.165, 1.54) is 24.8 Å². The van der Waals surface area contributed by atoms with Gasteiger partial charge in [-0.3, -0.25) is 4.79 Å². The van der Waals surface area contributed by atoms with Crippen molar-refractivity contribution in [3.8, 4) is 0 Å². The second-order valence-electron chi connectivity index (χ2n) is 6.13. The van der Waals surface area contributed by atoms with Crippen LogP contribution in [0, 0.1) is 0 Å². The van der Waals surface area contributed by atoms with Crippen LogP contribution in [0.4, 0.5) is 5.69 Å². The van der Waals surface area contributed by atoms with Crippen LogP contribution in [0.1, 0.15) is 52.6 Å². The van der Waals surface area contributed by atoms with Gasteiger partial charge in [0.15, 0.2) is 5.78 Å². The molecule has 0 amide bonds. The zero-order valence-electron chi connectivity index (χ0n) is 12.0. The highest BCUT2D eigenvalue weighted by atomic mass is 16.1. The fourth-order valence-corrected chi connectivity index (χ4v) is 3.38. The van der Waals surface area contributed by atoms with Gasteiger partial charge < -0.3 is 5.32 Å². The van der Waals surface area contributed by atoms with Crippen LogP contribution in [-0.4, -0.2) is 12.3 Å². The first kappa shape index (κ1) is 12.6. The van der Waals surface area contributed by atoms with Crippen LogP contribution < -0.4 is 5.32 Å². The number of nitrogens with one attached hydrogen (secondary N) is 1.